The van der Waals surface area contributed by atoms with Crippen LogP contribution in [-0.4, -0.2) is 30.6 Å². The number of likely N-dealkylation sites (tertiary alicyclic amines) is 1. The SMILES string of the molecule is CC(CN1CCCC1)NC(C)c1ccoc1. The molecule has 0 spiro atoms. The van der Waals surface area contributed by atoms with E-state index in [1.54, 1.807) is 6.26 Å². The van der Waals surface area contributed by atoms with Crippen LogP contribution in [0.4, 0.5) is 0 Å². The molecule has 0 aromatic carbocycles. The average Bonchev–Trinajstić information content (AvgIpc) is 2.88. The van der Waals surface area contributed by atoms with Gasteiger partial charge in [0, 0.05) is 24.2 Å². The lowest BCUT2D eigenvalue weighted by atomic mass is 10.1. The second-order valence-electron chi connectivity index (χ2n) is 4.85. The lowest BCUT2D eigenvalue weighted by Gasteiger charge is -2.24. The highest BCUT2D eigenvalue weighted by Gasteiger charge is 2.16. The van der Waals surface area contributed by atoms with Gasteiger partial charge in [0.25, 0.3) is 0 Å². The highest BCUT2D eigenvalue weighted by molar-refractivity contribution is 5.10. The van der Waals surface area contributed by atoms with Crippen molar-refractivity contribution >= 4 is 0 Å². The van der Waals surface area contributed by atoms with Gasteiger partial charge in [0.05, 0.1) is 12.5 Å². The van der Waals surface area contributed by atoms with Crippen molar-refractivity contribution < 1.29 is 4.42 Å². The van der Waals surface area contributed by atoms with Gasteiger partial charge in [-0.2, -0.15) is 0 Å². The molecule has 2 heterocycles. The van der Waals surface area contributed by atoms with Crippen LogP contribution in [0.2, 0.25) is 0 Å². The lowest BCUT2D eigenvalue weighted by molar-refractivity contribution is 0.289. The Hall–Kier alpha value is -0.800. The van der Waals surface area contributed by atoms with E-state index in [0.29, 0.717) is 12.1 Å². The summed E-state index contributed by atoms with van der Waals surface area (Å²) in [6, 6.07) is 2.93. The molecule has 1 aliphatic rings. The minimum atomic E-state index is 0.372. The summed E-state index contributed by atoms with van der Waals surface area (Å²) in [5.41, 5.74) is 1.23. The van der Waals surface area contributed by atoms with Crippen molar-refractivity contribution in [1.29, 1.82) is 0 Å². The molecule has 2 rings (SSSR count). The Bertz CT molecular complexity index is 291. The van der Waals surface area contributed by atoms with Crippen molar-refractivity contribution in [3.05, 3.63) is 24.2 Å². The van der Waals surface area contributed by atoms with Crippen LogP contribution in [0.3, 0.4) is 0 Å². The summed E-state index contributed by atoms with van der Waals surface area (Å²) in [5, 5.41) is 3.61. The van der Waals surface area contributed by atoms with Gasteiger partial charge in [-0.25, -0.2) is 0 Å². The highest BCUT2D eigenvalue weighted by atomic mass is 16.3. The van der Waals surface area contributed by atoms with E-state index in [9.17, 15) is 0 Å². The Morgan fingerprint density at radius 3 is 2.75 bits per heavy atom. The molecular weight excluding hydrogens is 200 g/mol. The Kier molecular flexibility index (Phi) is 4.02. The van der Waals surface area contributed by atoms with Crippen LogP contribution in [0.25, 0.3) is 0 Å². The maximum absolute atomic E-state index is 5.10. The lowest BCUT2D eigenvalue weighted by Crippen LogP contribution is -2.39. The molecule has 1 aliphatic heterocycles. The summed E-state index contributed by atoms with van der Waals surface area (Å²) in [5.74, 6) is 0. The summed E-state index contributed by atoms with van der Waals surface area (Å²) >= 11 is 0. The van der Waals surface area contributed by atoms with Gasteiger partial charge in [-0.05, 0) is 45.8 Å². The summed E-state index contributed by atoms with van der Waals surface area (Å²) in [4.78, 5) is 2.54. The van der Waals surface area contributed by atoms with E-state index >= 15 is 0 Å². The molecular formula is C13H22N2O. The summed E-state index contributed by atoms with van der Waals surface area (Å²) in [6.45, 7) is 8.14. The summed E-state index contributed by atoms with van der Waals surface area (Å²) < 4.78 is 5.10. The van der Waals surface area contributed by atoms with E-state index in [1.165, 1.54) is 31.5 Å². The standard InChI is InChI=1S/C13H22N2O/c1-11(9-15-6-3-4-7-15)14-12(2)13-5-8-16-10-13/h5,8,10-12,14H,3-4,6-7,9H2,1-2H3. The first-order chi connectivity index (χ1) is 7.75. The zero-order valence-corrected chi connectivity index (χ0v) is 10.3. The Balaban J connectivity index is 1.75. The molecule has 1 aromatic heterocycles. The van der Waals surface area contributed by atoms with Gasteiger partial charge in [-0.3, -0.25) is 0 Å². The monoisotopic (exact) mass is 222 g/mol. The van der Waals surface area contributed by atoms with Crippen LogP contribution < -0.4 is 5.32 Å². The van der Waals surface area contributed by atoms with Crippen molar-refractivity contribution in [2.75, 3.05) is 19.6 Å². The van der Waals surface area contributed by atoms with E-state index in [-0.39, 0.29) is 0 Å². The molecule has 2 unspecified atom stereocenters. The van der Waals surface area contributed by atoms with Crippen LogP contribution in [0.5, 0.6) is 0 Å². The number of hydrogen-bond acceptors (Lipinski definition) is 3. The molecule has 1 N–H and O–H groups in total. The van der Waals surface area contributed by atoms with Gasteiger partial charge in [-0.1, -0.05) is 0 Å². The molecule has 1 saturated heterocycles. The minimum absolute atomic E-state index is 0.372. The van der Waals surface area contributed by atoms with Crippen LogP contribution in [0.1, 0.15) is 38.3 Å². The fraction of sp³-hybridized carbons (Fsp3) is 0.692. The van der Waals surface area contributed by atoms with Gasteiger partial charge in [0.2, 0.25) is 0 Å². The molecule has 0 bridgehead atoms. The second-order valence-corrected chi connectivity index (χ2v) is 4.85. The van der Waals surface area contributed by atoms with Crippen LogP contribution in [-0.2, 0) is 0 Å². The molecule has 3 heteroatoms. The fourth-order valence-corrected chi connectivity index (χ4v) is 2.45. The van der Waals surface area contributed by atoms with Crippen molar-refractivity contribution in [3.8, 4) is 0 Å². The number of furan rings is 1. The third-order valence-electron chi connectivity index (χ3n) is 3.31. The van der Waals surface area contributed by atoms with E-state index in [2.05, 4.69) is 24.1 Å². The number of hydrogen-bond donors (Lipinski definition) is 1. The molecule has 16 heavy (non-hydrogen) atoms. The van der Waals surface area contributed by atoms with Crippen molar-refractivity contribution in [3.63, 3.8) is 0 Å². The van der Waals surface area contributed by atoms with Crippen molar-refractivity contribution in [2.24, 2.45) is 0 Å². The third kappa shape index (κ3) is 3.09. The van der Waals surface area contributed by atoms with Gasteiger partial charge >= 0.3 is 0 Å². The third-order valence-corrected chi connectivity index (χ3v) is 3.31. The highest BCUT2D eigenvalue weighted by Crippen LogP contribution is 2.14. The molecule has 2 atom stereocenters. The fourth-order valence-electron chi connectivity index (χ4n) is 2.45. The minimum Gasteiger partial charge on any atom is -0.472 e. The van der Waals surface area contributed by atoms with Crippen LogP contribution >= 0.6 is 0 Å². The molecule has 3 nitrogen and oxygen atoms in total. The van der Waals surface area contributed by atoms with Crippen LogP contribution in [0.15, 0.2) is 23.0 Å². The predicted octanol–water partition coefficient (Wildman–Crippen LogP) is 2.41. The van der Waals surface area contributed by atoms with Crippen LogP contribution in [0, 0.1) is 0 Å². The Labute approximate surface area is 97.8 Å². The quantitative estimate of drug-likeness (QED) is 0.829. The largest absolute Gasteiger partial charge is 0.472 e. The van der Waals surface area contributed by atoms with Crippen molar-refractivity contribution in [2.45, 2.75) is 38.8 Å². The van der Waals surface area contributed by atoms with E-state index in [4.69, 9.17) is 4.42 Å². The number of nitrogens with zero attached hydrogens (tertiary/aromatic N) is 1. The molecule has 0 aliphatic carbocycles. The normalized spacial score (nSPS) is 21.1. The van der Waals surface area contributed by atoms with Gasteiger partial charge in [0.15, 0.2) is 0 Å². The van der Waals surface area contributed by atoms with Gasteiger partial charge in [0.1, 0.15) is 0 Å². The first-order valence-electron chi connectivity index (χ1n) is 6.26. The number of nitrogens with one attached hydrogen (secondary N) is 1. The summed E-state index contributed by atoms with van der Waals surface area (Å²) in [6.07, 6.45) is 6.28. The average molecular weight is 222 g/mol. The maximum Gasteiger partial charge on any atom is 0.0950 e. The Morgan fingerprint density at radius 1 is 1.38 bits per heavy atom. The molecule has 0 amide bonds. The number of rotatable bonds is 5. The zero-order valence-electron chi connectivity index (χ0n) is 10.3. The topological polar surface area (TPSA) is 28.4 Å². The van der Waals surface area contributed by atoms with E-state index < -0.39 is 0 Å². The first kappa shape index (κ1) is 11.7. The summed E-state index contributed by atoms with van der Waals surface area (Å²) in [7, 11) is 0. The van der Waals surface area contributed by atoms with Crippen molar-refractivity contribution in [1.82, 2.24) is 10.2 Å². The Morgan fingerprint density at radius 2 is 2.12 bits per heavy atom. The molecule has 90 valence electrons. The van der Waals surface area contributed by atoms with E-state index in [1.807, 2.05) is 12.3 Å². The smallest absolute Gasteiger partial charge is 0.0950 e. The molecule has 0 saturated carbocycles. The second kappa shape index (κ2) is 5.51. The molecule has 0 radical (unpaired) electrons. The van der Waals surface area contributed by atoms with Gasteiger partial charge < -0.3 is 14.6 Å². The maximum atomic E-state index is 5.10. The molecule has 1 aromatic rings. The first-order valence-corrected chi connectivity index (χ1v) is 6.26. The van der Waals surface area contributed by atoms with Gasteiger partial charge in [-0.15, -0.1) is 0 Å². The predicted molar refractivity (Wildman–Crippen MR) is 65.4 cm³/mol. The molecule has 1 fully saturated rings. The zero-order chi connectivity index (χ0) is 11.4. The van der Waals surface area contributed by atoms with E-state index in [0.717, 1.165) is 6.54 Å².